The third kappa shape index (κ3) is 23.6. The molecule has 22 heteroatoms. The van der Waals surface area contributed by atoms with Crippen LogP contribution in [-0.4, -0.2) is 38.2 Å². The molecule has 2 aromatic carbocycles. The van der Waals surface area contributed by atoms with Crippen molar-refractivity contribution in [1.29, 1.82) is 0 Å². The fourth-order valence-electron chi connectivity index (χ4n) is 2.25. The Hall–Kier alpha value is 6.81. The molecule has 264 valence electrons. The van der Waals surface area contributed by atoms with Gasteiger partial charge in [0.05, 0.1) is 17.2 Å². The van der Waals surface area contributed by atoms with Crippen molar-refractivity contribution in [2.75, 3.05) is 0 Å². The van der Waals surface area contributed by atoms with Gasteiger partial charge in [-0.05, 0) is 63.1 Å². The van der Waals surface area contributed by atoms with Gasteiger partial charge in [0.25, 0.3) is 0 Å². The Morgan fingerprint density at radius 1 is 0.818 bits per heavy atom. The molecule has 0 unspecified atom stereocenters. The zero-order valence-corrected chi connectivity index (χ0v) is 52.7. The molecule has 0 bridgehead atoms. The molecule has 0 aliphatic rings. The average Bonchev–Trinajstić information content (AvgIpc) is 2.90. The molecule has 0 radical (unpaired) electrons. The van der Waals surface area contributed by atoms with Gasteiger partial charge in [-0.15, -0.1) is 0 Å². The summed E-state index contributed by atoms with van der Waals surface area (Å²) in [6.45, 7) is 10.7. The minimum absolute atomic E-state index is 0.0727. The van der Waals surface area contributed by atoms with Crippen LogP contribution in [0, 0.1) is 25.5 Å². The van der Waals surface area contributed by atoms with Crippen molar-refractivity contribution in [2.45, 2.75) is 52.5 Å². The predicted octanol–water partition coefficient (Wildman–Crippen LogP) is 13.6. The molecule has 0 heterocycles. The van der Waals surface area contributed by atoms with E-state index in [0.29, 0.717) is 23.8 Å². The topological polar surface area (TPSA) is 104 Å². The molecule has 0 saturated carbocycles. The number of phenols is 1. The first-order chi connectivity index (χ1) is 20.1. The van der Waals surface area contributed by atoms with Gasteiger partial charge in [-0.3, -0.25) is 0 Å². The molecule has 0 atom stereocenters. The van der Waals surface area contributed by atoms with Crippen LogP contribution in [0.5, 0.6) is 11.5 Å². The quantitative estimate of drug-likeness (QED) is 0.171. The second-order valence-electron chi connectivity index (χ2n) is 7.88. The van der Waals surface area contributed by atoms with E-state index >= 15 is 0 Å². The van der Waals surface area contributed by atoms with Crippen LogP contribution in [0.4, 0.5) is 8.78 Å². The summed E-state index contributed by atoms with van der Waals surface area (Å²) < 4.78 is 31.6. The van der Waals surface area contributed by atoms with Crippen molar-refractivity contribution in [3.05, 3.63) is 58.2 Å². The summed E-state index contributed by atoms with van der Waals surface area (Å²) >= 11 is 24.3. The van der Waals surface area contributed by atoms with Crippen LogP contribution in [0.1, 0.15) is 59.5 Å². The van der Waals surface area contributed by atoms with Crippen molar-refractivity contribution in [2.24, 2.45) is 0 Å². The number of aryl methyl sites for hydroxylation is 2. The van der Waals surface area contributed by atoms with Crippen molar-refractivity contribution in [1.82, 2.24) is 0 Å². The molecule has 44 heavy (non-hydrogen) atoms. The van der Waals surface area contributed by atoms with Crippen LogP contribution in [-0.2, 0) is 0 Å². The Labute approximate surface area is 360 Å². The van der Waals surface area contributed by atoms with Crippen LogP contribution in [0.3, 0.4) is 0 Å². The molecule has 0 spiro atoms. The first-order valence-corrected chi connectivity index (χ1v) is 87.3. The number of alkyl halides is 1. The third-order valence-corrected chi connectivity index (χ3v) is 747. The molecule has 2 aromatic rings. The Morgan fingerprint density at radius 3 is 1.59 bits per heavy atom. The summed E-state index contributed by atoms with van der Waals surface area (Å²) in [5.74, 6) is -4.05. The van der Waals surface area contributed by atoms with E-state index < -0.39 is 29.1 Å². The Bertz CT molecular complexity index is 1200. The van der Waals surface area contributed by atoms with E-state index in [9.17, 15) is 18.4 Å². The van der Waals surface area contributed by atoms with Gasteiger partial charge in [-0.2, -0.15) is 0 Å². The molecule has 0 saturated heterocycles. The van der Waals surface area contributed by atoms with Crippen molar-refractivity contribution in [3.63, 3.8) is 0 Å². The zero-order chi connectivity index (χ0) is 35.1. The van der Waals surface area contributed by atoms with Gasteiger partial charge in [-0.1, -0.05) is 29.8 Å². The standard InChI is InChI=1S/C11H13FO3.C8H7FO3.C3H7Br.I13/c1-6(2)15-8-4-7(3)10(12)9(5-8)11(13)14;1-4-2-5(10)3-6(7(4)9)8(11)12;1-3(2)4;1-8-10(4)12(6)13(7)11(5)9(2)3/h4-6H,1-3H3,(H,13,14);2-3,10H,1H3,(H,11,12);3H,1-2H3;/q;;;-1. The maximum atomic E-state index is 13.3. The molecule has 2 rings (SSSR count). The normalized spacial score (nSPS) is 12.0. The van der Waals surface area contributed by atoms with E-state index in [1.807, 2.05) is 13.8 Å². The Balaban J connectivity index is 0. The summed E-state index contributed by atoms with van der Waals surface area (Å²) in [6.07, 6.45) is -0.0727. The summed E-state index contributed by atoms with van der Waals surface area (Å²) in [6, 6.07) is 4.73. The zero-order valence-electron chi connectivity index (χ0n) is 23.1. The fraction of sp³-hybridized carbons (Fsp3) is 0.364. The second kappa shape index (κ2) is 29.1. The van der Waals surface area contributed by atoms with Crippen LogP contribution in [0.15, 0.2) is 24.3 Å². The monoisotopic (exact) mass is 2150 g/mol. The second-order valence-corrected chi connectivity index (χ2v) is 270. The van der Waals surface area contributed by atoms with E-state index in [0.717, 1.165) is 6.07 Å². The van der Waals surface area contributed by atoms with E-state index in [1.165, 1.54) is 32.0 Å². The number of halogens is 16. The Kier molecular flexibility index (Phi) is 35.0. The minimum atomic E-state index is -1.38. The van der Waals surface area contributed by atoms with Gasteiger partial charge in [0.15, 0.2) is 0 Å². The fourth-order valence-corrected chi connectivity index (χ4v) is 1470. The number of benzene rings is 2. The number of carbonyl (C=O) groups is 2. The number of phenolic OH excluding ortho intramolecular Hbond substituents is 1. The molecule has 3 N–H and O–H groups in total. The van der Waals surface area contributed by atoms with Gasteiger partial charge >= 0.3 is 195 Å². The molecule has 0 amide bonds. The molecule has 0 aromatic heterocycles. The van der Waals surface area contributed by atoms with Crippen LogP contribution in [0.25, 0.3) is 0 Å². The first-order valence-electron chi connectivity index (χ1n) is 10.9. The van der Waals surface area contributed by atoms with E-state index in [2.05, 4.69) is 160 Å². The number of carboxylic acids is 2. The number of aromatic hydroxyl groups is 1. The molecule has 0 aliphatic heterocycles. The average molecular weight is 2160 g/mol. The first kappa shape index (κ1) is 52.9. The number of ether oxygens (including phenoxy) is 1. The van der Waals surface area contributed by atoms with Gasteiger partial charge in [0.2, 0.25) is 0 Å². The number of carboxylic acid groups (broad SMARTS) is 2. The van der Waals surface area contributed by atoms with E-state index in [4.69, 9.17) is 20.1 Å². The summed E-state index contributed by atoms with van der Waals surface area (Å²) in [7, 11) is -1.56. The summed E-state index contributed by atoms with van der Waals surface area (Å²) in [4.78, 5) is 21.7. The number of rotatable bonds is 9. The SMILES string of the molecule is CC(C)Br.Cc1cc(O)cc(C(=O)O)c1F.Cc1cc(OC(C)C)cc(C(=O)O)c1F.I[I-]I(I)I(I)I(I)I(I)I(I)I. The Morgan fingerprint density at radius 2 is 1.23 bits per heavy atom. The number of hydrogen-bond donors (Lipinski definition) is 3. The van der Waals surface area contributed by atoms with Crippen LogP contribution in [0.2, 0.25) is 0 Å². The van der Waals surface area contributed by atoms with Crippen LogP contribution < -0.4 is 18.0 Å². The van der Waals surface area contributed by atoms with Crippen molar-refractivity contribution < 1.29 is 51.7 Å². The number of aromatic carboxylic acids is 2. The summed E-state index contributed by atoms with van der Waals surface area (Å²) in [5, 5.41) is 26.2. The maximum absolute atomic E-state index is 13.3. The number of hydrogen-bond acceptors (Lipinski definition) is 4. The van der Waals surface area contributed by atoms with Crippen molar-refractivity contribution in [3.8, 4) is 11.5 Å². The molecular formula is C22H27BrF2I13O6-. The third-order valence-electron chi connectivity index (χ3n) is 3.67. The molecular weight excluding hydrogens is 2130 g/mol. The van der Waals surface area contributed by atoms with Gasteiger partial charge in [0, 0.05) is 4.83 Å². The van der Waals surface area contributed by atoms with Gasteiger partial charge < -0.3 is 20.1 Å². The van der Waals surface area contributed by atoms with Crippen LogP contribution >= 0.6 is 186 Å². The van der Waals surface area contributed by atoms with Crippen molar-refractivity contribution >= 4 is 198 Å². The van der Waals surface area contributed by atoms with Gasteiger partial charge in [0.1, 0.15) is 23.1 Å². The van der Waals surface area contributed by atoms with E-state index in [-0.39, 0.29) is 68.0 Å². The predicted molar refractivity (Wildman–Crippen MR) is 286 cm³/mol. The molecule has 6 nitrogen and oxygen atoms in total. The molecule has 0 aliphatic carbocycles. The van der Waals surface area contributed by atoms with Gasteiger partial charge in [-0.25, -0.2) is 18.4 Å². The summed E-state index contributed by atoms with van der Waals surface area (Å²) in [5.41, 5.74) is -0.476. The van der Waals surface area contributed by atoms with E-state index in [1.54, 1.807) is 0 Å². The molecule has 0 fully saturated rings.